The van der Waals surface area contributed by atoms with Crippen molar-refractivity contribution in [2.45, 2.75) is 264 Å². The molecule has 10 unspecified atom stereocenters. The van der Waals surface area contributed by atoms with Crippen molar-refractivity contribution in [3.05, 3.63) is 23.8 Å². The van der Waals surface area contributed by atoms with E-state index in [2.05, 4.69) is 45.6 Å². The second kappa shape index (κ2) is 31.2. The number of Topliss-reactive ketones (excluding diaryl/α,β-unsaturated/α-hetero) is 1. The number of nitrogens with zero attached hydrogens (tertiary/aromatic N) is 1. The Morgan fingerprint density at radius 2 is 1.37 bits per heavy atom. The third kappa shape index (κ3) is 16.4. The van der Waals surface area contributed by atoms with E-state index < -0.39 is 35.6 Å². The fourth-order valence-electron chi connectivity index (χ4n) is 13.6. The van der Waals surface area contributed by atoms with Gasteiger partial charge in [-0.05, 0) is 121 Å². The molecule has 0 aromatic heterocycles. The Morgan fingerprint density at radius 1 is 0.771 bits per heavy atom. The monoisotopic (exact) mass is 986 g/mol. The first-order chi connectivity index (χ1) is 34.0. The highest BCUT2D eigenvalue weighted by Gasteiger charge is 2.76. The van der Waals surface area contributed by atoms with Gasteiger partial charge in [0.15, 0.2) is 24.8 Å². The molecule has 70 heavy (non-hydrogen) atoms. The molecule has 10 atom stereocenters. The normalized spacial score (nSPS) is 30.1. The lowest BCUT2D eigenvalue weighted by Gasteiger charge is -2.60. The minimum Gasteiger partial charge on any atom is -0.458 e. The number of hydrogen-bond acceptors (Lipinski definition) is 11. The van der Waals surface area contributed by atoms with Gasteiger partial charge in [0.2, 0.25) is 5.78 Å². The number of carbonyl (C=O) groups excluding carboxylic acids is 2. The number of fused-ring (bicyclic) bond motifs is 7. The Bertz CT molecular complexity index is 1540. The molecule has 11 heteroatoms. The van der Waals surface area contributed by atoms with Crippen molar-refractivity contribution in [1.29, 1.82) is 0 Å². The number of hydrogen-bond donors (Lipinski definition) is 3. The average molecular weight is 986 g/mol. The fourth-order valence-corrected chi connectivity index (χ4v) is 13.6. The van der Waals surface area contributed by atoms with Crippen LogP contribution >= 0.6 is 0 Å². The average Bonchev–Trinajstić information content (AvgIpc) is 3.83. The Hall–Kier alpha value is -1.70. The van der Waals surface area contributed by atoms with Gasteiger partial charge in [0.05, 0.1) is 18.3 Å². The molecule has 0 amide bonds. The van der Waals surface area contributed by atoms with Crippen LogP contribution in [0.1, 0.15) is 227 Å². The fraction of sp³-hybridized carbons (Fsp3) is 0.898. The van der Waals surface area contributed by atoms with Crippen LogP contribution in [-0.4, -0.2) is 115 Å². The van der Waals surface area contributed by atoms with E-state index in [0.29, 0.717) is 25.7 Å². The van der Waals surface area contributed by atoms with Crippen molar-refractivity contribution in [2.75, 3.05) is 46.1 Å². The second-order valence-electron chi connectivity index (χ2n) is 22.7. The van der Waals surface area contributed by atoms with Crippen LogP contribution in [-0.2, 0) is 33.3 Å². The van der Waals surface area contributed by atoms with Crippen molar-refractivity contribution in [3.8, 4) is 0 Å². The summed E-state index contributed by atoms with van der Waals surface area (Å²) in [6.45, 7) is 15.4. The van der Waals surface area contributed by atoms with Crippen molar-refractivity contribution in [1.82, 2.24) is 4.90 Å². The molecule has 4 fully saturated rings. The van der Waals surface area contributed by atoms with Crippen molar-refractivity contribution < 1.29 is 48.6 Å². The number of carbonyl (C=O) groups is 2. The lowest BCUT2D eigenvalue weighted by molar-refractivity contribution is -0.201. The summed E-state index contributed by atoms with van der Waals surface area (Å²) < 4.78 is 31.7. The van der Waals surface area contributed by atoms with Crippen LogP contribution < -0.4 is 0 Å². The van der Waals surface area contributed by atoms with Gasteiger partial charge in [-0.3, -0.25) is 9.59 Å². The molecule has 5 rings (SSSR count). The largest absolute Gasteiger partial charge is 0.458 e. The molecular formula is C59H103NO10. The molecule has 11 nitrogen and oxygen atoms in total. The molecule has 404 valence electrons. The highest BCUT2D eigenvalue weighted by atomic mass is 16.7. The number of aliphatic hydroxyl groups is 3. The van der Waals surface area contributed by atoms with Crippen LogP contribution in [0.15, 0.2) is 23.8 Å². The van der Waals surface area contributed by atoms with Gasteiger partial charge >= 0.3 is 5.97 Å². The summed E-state index contributed by atoms with van der Waals surface area (Å²) >= 11 is 0. The Morgan fingerprint density at radius 3 is 2.01 bits per heavy atom. The first-order valence-corrected chi connectivity index (χ1v) is 29.3. The van der Waals surface area contributed by atoms with Crippen LogP contribution in [0.2, 0.25) is 0 Å². The van der Waals surface area contributed by atoms with Crippen LogP contribution in [0.4, 0.5) is 0 Å². The van der Waals surface area contributed by atoms with E-state index in [9.17, 15) is 24.9 Å². The molecule has 0 aromatic carbocycles. The summed E-state index contributed by atoms with van der Waals surface area (Å²) in [7, 11) is 0. The van der Waals surface area contributed by atoms with Crippen molar-refractivity contribution >= 4 is 11.8 Å². The quantitative estimate of drug-likeness (QED) is 0.0234. The molecule has 3 N–H and O–H groups in total. The minimum absolute atomic E-state index is 0.0312. The zero-order chi connectivity index (χ0) is 50.2. The van der Waals surface area contributed by atoms with E-state index in [4.69, 9.17) is 23.7 Å². The molecule has 4 aliphatic carbocycles. The molecule has 0 radical (unpaired) electrons. The predicted molar refractivity (Wildman–Crippen MR) is 279 cm³/mol. The predicted octanol–water partition coefficient (Wildman–Crippen LogP) is 12.1. The van der Waals surface area contributed by atoms with Gasteiger partial charge in [-0.2, -0.15) is 0 Å². The third-order valence-corrected chi connectivity index (χ3v) is 17.4. The molecular weight excluding hydrogens is 883 g/mol. The molecule has 1 saturated heterocycles. The lowest BCUT2D eigenvalue weighted by atomic mass is 9.46. The summed E-state index contributed by atoms with van der Waals surface area (Å²) in [5.74, 6) is -0.385. The van der Waals surface area contributed by atoms with Crippen LogP contribution in [0.25, 0.3) is 0 Å². The minimum atomic E-state index is -1.29. The van der Waals surface area contributed by atoms with Crippen LogP contribution in [0.5, 0.6) is 0 Å². The van der Waals surface area contributed by atoms with Gasteiger partial charge in [0.25, 0.3) is 0 Å². The molecule has 5 aliphatic rings. The number of ether oxygens (including phenoxy) is 5. The molecule has 1 heterocycles. The summed E-state index contributed by atoms with van der Waals surface area (Å²) in [5, 5.41) is 31.9. The number of ketones is 1. The first kappa shape index (κ1) is 59.2. The number of aliphatic hydroxyl groups excluding tert-OH is 3. The van der Waals surface area contributed by atoms with Crippen molar-refractivity contribution in [3.63, 3.8) is 0 Å². The zero-order valence-corrected chi connectivity index (χ0v) is 45.2. The second-order valence-corrected chi connectivity index (χ2v) is 22.7. The zero-order valence-electron chi connectivity index (χ0n) is 45.2. The van der Waals surface area contributed by atoms with E-state index in [1.165, 1.54) is 89.0 Å². The number of unbranched alkanes of at least 4 members (excludes halogenated alkanes) is 17. The highest BCUT2D eigenvalue weighted by Crippen LogP contribution is 2.69. The molecule has 0 aromatic rings. The number of rotatable bonds is 39. The molecule has 3 saturated carbocycles. The summed E-state index contributed by atoms with van der Waals surface area (Å²) in [4.78, 5) is 30.3. The van der Waals surface area contributed by atoms with Gasteiger partial charge in [-0.15, -0.1) is 0 Å². The molecule has 1 aliphatic heterocycles. The Labute approximate surface area is 426 Å². The maximum Gasteiger partial charge on any atom is 0.306 e. The molecule has 0 bridgehead atoms. The standard InChI is InChI=1S/C59H103NO10/c1-6-9-11-13-18-27-40-66-54(67-41-28-19-14-12-10-7-2)31-22-16-15-17-23-36-60(38-25-26-39-61)37-24-20-21-30-53(65)68-45-51(64)59-52(69-55(70-59)29-8-3)43-49-48-33-32-46-42-47(62)34-35-57(46,4)56(48)50(63)44-58(49,59)5/h34-35,42,47-50,52,54-56,61-63H,6-33,36-41,43-45H2,1-5H3. The van der Waals surface area contributed by atoms with Crippen LogP contribution in [0, 0.1) is 28.6 Å². The Kier molecular flexibility index (Phi) is 26.4. The first-order valence-electron chi connectivity index (χ1n) is 29.3. The smallest absolute Gasteiger partial charge is 0.306 e. The Balaban J connectivity index is 1.01. The number of allylic oxidation sites excluding steroid dienone is 2. The highest BCUT2D eigenvalue weighted by molar-refractivity contribution is 5.92. The van der Waals surface area contributed by atoms with E-state index >= 15 is 0 Å². The van der Waals surface area contributed by atoms with Gasteiger partial charge in [0, 0.05) is 43.0 Å². The summed E-state index contributed by atoms with van der Waals surface area (Å²) in [6.07, 6.45) is 34.6. The van der Waals surface area contributed by atoms with Gasteiger partial charge in [0.1, 0.15) is 0 Å². The van der Waals surface area contributed by atoms with E-state index in [0.717, 1.165) is 110 Å². The summed E-state index contributed by atoms with van der Waals surface area (Å²) in [5.41, 5.74) is -1.13. The van der Waals surface area contributed by atoms with Gasteiger partial charge in [-0.1, -0.05) is 155 Å². The maximum absolute atomic E-state index is 14.6. The van der Waals surface area contributed by atoms with Gasteiger partial charge < -0.3 is 43.9 Å². The van der Waals surface area contributed by atoms with Gasteiger partial charge in [-0.25, -0.2) is 0 Å². The SMILES string of the molecule is CCCCCCCCOC(CCCCCCCN(CCCCO)CCCCCC(=O)OCC(=O)C12OC(CCC)OC1CC1C3CCC4=CC(O)C=CC4(C)C3C(O)CC12C)OCCCCCCCC. The molecule has 0 spiro atoms. The van der Waals surface area contributed by atoms with E-state index in [1.807, 2.05) is 12.2 Å². The summed E-state index contributed by atoms with van der Waals surface area (Å²) in [6, 6.07) is 0. The van der Waals surface area contributed by atoms with Crippen molar-refractivity contribution in [2.24, 2.45) is 28.6 Å². The lowest BCUT2D eigenvalue weighted by Crippen LogP contribution is -2.63. The maximum atomic E-state index is 14.6. The third-order valence-electron chi connectivity index (χ3n) is 17.4. The van der Waals surface area contributed by atoms with Crippen LogP contribution in [0.3, 0.4) is 0 Å². The topological polar surface area (TPSA) is 144 Å². The van der Waals surface area contributed by atoms with E-state index in [1.54, 1.807) is 0 Å². The van der Waals surface area contributed by atoms with E-state index in [-0.39, 0.29) is 60.8 Å². The number of esters is 1.